The van der Waals surface area contributed by atoms with Crippen LogP contribution >= 0.6 is 0 Å². The van der Waals surface area contributed by atoms with Crippen LogP contribution in [0.1, 0.15) is 22.4 Å². The Balaban J connectivity index is 1.67. The van der Waals surface area contributed by atoms with Gasteiger partial charge < -0.3 is 15.0 Å². The van der Waals surface area contributed by atoms with Gasteiger partial charge >= 0.3 is 0 Å². The van der Waals surface area contributed by atoms with E-state index in [-0.39, 0.29) is 0 Å². The summed E-state index contributed by atoms with van der Waals surface area (Å²) in [6.45, 7) is 7.50. The third-order valence-electron chi connectivity index (χ3n) is 4.17. The lowest BCUT2D eigenvalue weighted by molar-refractivity contribution is 0.122. The summed E-state index contributed by atoms with van der Waals surface area (Å²) in [7, 11) is 0. The number of rotatable bonds is 4. The molecule has 3 rings (SSSR count). The van der Waals surface area contributed by atoms with Crippen LogP contribution in [0.15, 0.2) is 18.3 Å². The average molecular weight is 324 g/mol. The van der Waals surface area contributed by atoms with Crippen LogP contribution in [0.4, 0.5) is 11.6 Å². The van der Waals surface area contributed by atoms with E-state index in [0.717, 1.165) is 48.9 Å². The quantitative estimate of drug-likeness (QED) is 0.917. The molecule has 3 heterocycles. The fourth-order valence-corrected chi connectivity index (χ4v) is 2.56. The van der Waals surface area contributed by atoms with Crippen LogP contribution in [-0.4, -0.2) is 41.5 Å². The van der Waals surface area contributed by atoms with Crippen molar-refractivity contribution in [2.24, 2.45) is 0 Å². The third kappa shape index (κ3) is 3.44. The SMILES string of the molecule is Cc1nnc(NCc2ccc(N3CCOCC3)nc2)c(C#N)c1C. The monoisotopic (exact) mass is 324 g/mol. The number of aromatic nitrogens is 3. The van der Waals surface area contributed by atoms with Gasteiger partial charge in [0.05, 0.1) is 18.9 Å². The Bertz CT molecular complexity index is 747. The second kappa shape index (κ2) is 7.23. The molecule has 0 aliphatic carbocycles. The van der Waals surface area contributed by atoms with E-state index in [0.29, 0.717) is 17.9 Å². The minimum atomic E-state index is 0.512. The zero-order valence-electron chi connectivity index (χ0n) is 13.9. The number of anilines is 2. The third-order valence-corrected chi connectivity index (χ3v) is 4.17. The number of pyridine rings is 1. The van der Waals surface area contributed by atoms with Crippen molar-refractivity contribution in [1.82, 2.24) is 15.2 Å². The lowest BCUT2D eigenvalue weighted by atomic mass is 10.1. The molecule has 0 unspecified atom stereocenters. The Morgan fingerprint density at radius 3 is 2.71 bits per heavy atom. The highest BCUT2D eigenvalue weighted by molar-refractivity contribution is 5.56. The normalized spacial score (nSPS) is 14.3. The summed E-state index contributed by atoms with van der Waals surface area (Å²) in [6.07, 6.45) is 1.85. The smallest absolute Gasteiger partial charge is 0.167 e. The van der Waals surface area contributed by atoms with Crippen molar-refractivity contribution < 1.29 is 4.74 Å². The molecule has 0 amide bonds. The summed E-state index contributed by atoms with van der Waals surface area (Å²) >= 11 is 0. The number of nitriles is 1. The second-order valence-electron chi connectivity index (χ2n) is 5.72. The van der Waals surface area contributed by atoms with Crippen LogP contribution in [0.2, 0.25) is 0 Å². The molecule has 0 aromatic carbocycles. The van der Waals surface area contributed by atoms with Crippen molar-refractivity contribution in [3.05, 3.63) is 40.7 Å². The van der Waals surface area contributed by atoms with Crippen molar-refractivity contribution in [3.63, 3.8) is 0 Å². The molecule has 7 nitrogen and oxygen atoms in total. The molecular formula is C17H20N6O. The molecule has 7 heteroatoms. The van der Waals surface area contributed by atoms with E-state index >= 15 is 0 Å². The van der Waals surface area contributed by atoms with Crippen molar-refractivity contribution in [2.75, 3.05) is 36.5 Å². The lowest BCUT2D eigenvalue weighted by Crippen LogP contribution is -2.36. The number of hydrogen-bond donors (Lipinski definition) is 1. The standard InChI is InChI=1S/C17H20N6O/c1-12-13(2)21-22-17(15(12)9-18)20-11-14-3-4-16(19-10-14)23-5-7-24-8-6-23/h3-4,10H,5-8,11H2,1-2H3,(H,20,22). The van der Waals surface area contributed by atoms with Gasteiger partial charge in [0.1, 0.15) is 17.5 Å². The number of ether oxygens (including phenoxy) is 1. The predicted octanol–water partition coefficient (Wildman–Crippen LogP) is 1.81. The molecule has 24 heavy (non-hydrogen) atoms. The number of nitrogens with zero attached hydrogens (tertiary/aromatic N) is 5. The van der Waals surface area contributed by atoms with Crippen molar-refractivity contribution in [1.29, 1.82) is 5.26 Å². The summed E-state index contributed by atoms with van der Waals surface area (Å²) < 4.78 is 5.35. The molecule has 0 saturated carbocycles. The zero-order valence-corrected chi connectivity index (χ0v) is 13.9. The summed E-state index contributed by atoms with van der Waals surface area (Å²) in [4.78, 5) is 6.73. The summed E-state index contributed by atoms with van der Waals surface area (Å²) in [5.74, 6) is 1.48. The fraction of sp³-hybridized carbons (Fsp3) is 0.412. The lowest BCUT2D eigenvalue weighted by Gasteiger charge is -2.27. The minimum absolute atomic E-state index is 0.512. The second-order valence-corrected chi connectivity index (χ2v) is 5.72. The van der Waals surface area contributed by atoms with Gasteiger partial charge in [-0.3, -0.25) is 0 Å². The number of aryl methyl sites for hydroxylation is 1. The highest BCUT2D eigenvalue weighted by Gasteiger charge is 2.13. The van der Waals surface area contributed by atoms with Gasteiger partial charge in [-0.05, 0) is 31.0 Å². The molecule has 2 aromatic rings. The molecule has 124 valence electrons. The first-order valence-corrected chi connectivity index (χ1v) is 7.94. The molecule has 0 bridgehead atoms. The number of hydrogen-bond acceptors (Lipinski definition) is 7. The Kier molecular flexibility index (Phi) is 4.87. The Morgan fingerprint density at radius 1 is 1.25 bits per heavy atom. The topological polar surface area (TPSA) is 87.0 Å². The van der Waals surface area contributed by atoms with Gasteiger partial charge in [0, 0.05) is 25.8 Å². The largest absolute Gasteiger partial charge is 0.378 e. The summed E-state index contributed by atoms with van der Waals surface area (Å²) in [5, 5.41) is 20.7. The van der Waals surface area contributed by atoms with E-state index in [1.165, 1.54) is 0 Å². The Labute approximate surface area is 141 Å². The van der Waals surface area contributed by atoms with Crippen LogP contribution in [0.3, 0.4) is 0 Å². The highest BCUT2D eigenvalue weighted by atomic mass is 16.5. The molecule has 0 spiro atoms. The molecule has 1 aliphatic heterocycles. The van der Waals surface area contributed by atoms with Gasteiger partial charge in [0.15, 0.2) is 5.82 Å². The van der Waals surface area contributed by atoms with Crippen LogP contribution in [0.5, 0.6) is 0 Å². The van der Waals surface area contributed by atoms with Crippen molar-refractivity contribution in [2.45, 2.75) is 20.4 Å². The predicted molar refractivity (Wildman–Crippen MR) is 90.8 cm³/mol. The summed E-state index contributed by atoms with van der Waals surface area (Å²) in [5.41, 5.74) is 3.20. The maximum Gasteiger partial charge on any atom is 0.167 e. The zero-order chi connectivity index (χ0) is 16.9. The number of nitrogens with one attached hydrogen (secondary N) is 1. The van der Waals surface area contributed by atoms with E-state index in [2.05, 4.69) is 31.5 Å². The first kappa shape index (κ1) is 16.1. The molecule has 1 aliphatic rings. The Hall–Kier alpha value is -2.72. The van der Waals surface area contributed by atoms with E-state index in [4.69, 9.17) is 4.74 Å². The molecular weight excluding hydrogens is 304 g/mol. The fourth-order valence-electron chi connectivity index (χ4n) is 2.56. The maximum absolute atomic E-state index is 9.32. The van der Waals surface area contributed by atoms with E-state index < -0.39 is 0 Å². The van der Waals surface area contributed by atoms with Crippen LogP contribution in [0.25, 0.3) is 0 Å². The maximum atomic E-state index is 9.32. The van der Waals surface area contributed by atoms with Gasteiger partial charge in [-0.2, -0.15) is 10.4 Å². The molecule has 1 N–H and O–H groups in total. The van der Waals surface area contributed by atoms with E-state index in [9.17, 15) is 5.26 Å². The van der Waals surface area contributed by atoms with Crippen LogP contribution in [0, 0.1) is 25.2 Å². The van der Waals surface area contributed by atoms with Gasteiger partial charge in [0.25, 0.3) is 0 Å². The molecule has 1 saturated heterocycles. The Morgan fingerprint density at radius 2 is 2.04 bits per heavy atom. The summed E-state index contributed by atoms with van der Waals surface area (Å²) in [6, 6.07) is 6.24. The first-order valence-electron chi connectivity index (χ1n) is 7.94. The molecule has 0 radical (unpaired) electrons. The van der Waals surface area contributed by atoms with Gasteiger partial charge in [0.2, 0.25) is 0 Å². The first-order chi connectivity index (χ1) is 11.7. The highest BCUT2D eigenvalue weighted by Crippen LogP contribution is 2.18. The molecule has 2 aromatic heterocycles. The van der Waals surface area contributed by atoms with Crippen molar-refractivity contribution >= 4 is 11.6 Å². The van der Waals surface area contributed by atoms with Crippen LogP contribution < -0.4 is 10.2 Å². The molecule has 0 atom stereocenters. The van der Waals surface area contributed by atoms with Crippen LogP contribution in [-0.2, 0) is 11.3 Å². The van der Waals surface area contributed by atoms with Crippen molar-refractivity contribution in [3.8, 4) is 6.07 Å². The van der Waals surface area contributed by atoms with E-state index in [1.54, 1.807) is 0 Å². The molecule has 1 fully saturated rings. The van der Waals surface area contributed by atoms with Gasteiger partial charge in [-0.1, -0.05) is 6.07 Å². The van der Waals surface area contributed by atoms with Gasteiger partial charge in [-0.25, -0.2) is 4.98 Å². The number of morpholine rings is 1. The minimum Gasteiger partial charge on any atom is -0.378 e. The van der Waals surface area contributed by atoms with Gasteiger partial charge in [-0.15, -0.1) is 5.10 Å². The average Bonchev–Trinajstić information content (AvgIpc) is 2.64. The van der Waals surface area contributed by atoms with E-state index in [1.807, 2.05) is 32.2 Å².